The number of anilines is 1. The number of benzene rings is 1. The average Bonchev–Trinajstić information content (AvgIpc) is 3.48. The average molecular weight is 467 g/mol. The second kappa shape index (κ2) is 6.82. The summed E-state index contributed by atoms with van der Waals surface area (Å²) >= 11 is 3.59. The number of hydrogen-bond acceptors (Lipinski definition) is 4. The third-order valence-corrected chi connectivity index (χ3v) is 7.55. The van der Waals surface area contributed by atoms with E-state index in [1.165, 1.54) is 5.56 Å². The number of ether oxygens (including phenoxy) is 1. The van der Waals surface area contributed by atoms with Crippen molar-refractivity contribution >= 4 is 33.2 Å². The van der Waals surface area contributed by atoms with Crippen LogP contribution in [0.25, 0.3) is 5.52 Å². The Bertz CT molecular complexity index is 1110. The quantitative estimate of drug-likeness (QED) is 0.568. The summed E-state index contributed by atoms with van der Waals surface area (Å²) in [5.74, 6) is 1.24. The van der Waals surface area contributed by atoms with Crippen LogP contribution in [0, 0.1) is 0 Å². The highest BCUT2D eigenvalue weighted by Crippen LogP contribution is 2.47. The first kappa shape index (κ1) is 18.4. The molecule has 154 valence electrons. The molecule has 1 aromatic carbocycles. The Morgan fingerprint density at radius 3 is 2.63 bits per heavy atom. The van der Waals surface area contributed by atoms with Crippen molar-refractivity contribution in [3.05, 3.63) is 64.8 Å². The molecule has 2 atom stereocenters. The highest BCUT2D eigenvalue weighted by Gasteiger charge is 2.58. The number of rotatable bonds is 2. The zero-order valence-electron chi connectivity index (χ0n) is 16.6. The van der Waals surface area contributed by atoms with Gasteiger partial charge >= 0.3 is 0 Å². The van der Waals surface area contributed by atoms with Gasteiger partial charge in [-0.2, -0.15) is 5.10 Å². The number of hydrogen-bond donors (Lipinski definition) is 0. The van der Waals surface area contributed by atoms with Gasteiger partial charge in [0.1, 0.15) is 12.0 Å². The number of piperidine rings is 1. The minimum absolute atomic E-state index is 0.0836. The maximum absolute atomic E-state index is 13.6. The van der Waals surface area contributed by atoms with E-state index in [2.05, 4.69) is 50.2 Å². The number of halogens is 1. The molecule has 3 aliphatic heterocycles. The van der Waals surface area contributed by atoms with E-state index in [-0.39, 0.29) is 18.2 Å². The molecule has 0 radical (unpaired) electrons. The summed E-state index contributed by atoms with van der Waals surface area (Å²) < 4.78 is 9.46. The number of aromatic nitrogens is 2. The zero-order chi connectivity index (χ0) is 20.3. The van der Waals surface area contributed by atoms with Gasteiger partial charge < -0.3 is 14.5 Å². The van der Waals surface area contributed by atoms with Crippen molar-refractivity contribution in [2.45, 2.75) is 43.6 Å². The number of fused-ring (bicyclic) bond motifs is 2. The third-order valence-electron chi connectivity index (χ3n) is 6.88. The largest absolute Gasteiger partial charge is 0.356 e. The minimum atomic E-state index is -0.673. The SMILES string of the molecule is O=C1N2[C@@H](CC[C@H]2c2ccccc2)OC12CCN(c1ccc(Br)c3ccnn13)CC2. The lowest BCUT2D eigenvalue weighted by Crippen LogP contribution is -2.50. The Morgan fingerprint density at radius 1 is 1.03 bits per heavy atom. The van der Waals surface area contributed by atoms with Crippen molar-refractivity contribution < 1.29 is 9.53 Å². The summed E-state index contributed by atoms with van der Waals surface area (Å²) in [6.07, 6.45) is 5.03. The van der Waals surface area contributed by atoms with Crippen LogP contribution in [0.4, 0.5) is 5.82 Å². The van der Waals surface area contributed by atoms with Gasteiger partial charge in [-0.25, -0.2) is 4.52 Å². The van der Waals surface area contributed by atoms with Gasteiger partial charge in [0.15, 0.2) is 5.60 Å². The van der Waals surface area contributed by atoms with E-state index in [4.69, 9.17) is 4.74 Å². The molecule has 3 saturated heterocycles. The number of pyridine rings is 1. The summed E-state index contributed by atoms with van der Waals surface area (Å²) in [5, 5.41) is 4.49. The van der Waals surface area contributed by atoms with Crippen LogP contribution in [0.5, 0.6) is 0 Å². The first-order chi connectivity index (χ1) is 14.7. The van der Waals surface area contributed by atoms with Crippen molar-refractivity contribution in [2.75, 3.05) is 18.0 Å². The van der Waals surface area contributed by atoms with E-state index in [1.807, 2.05) is 39.9 Å². The molecule has 0 bridgehead atoms. The maximum Gasteiger partial charge on any atom is 0.257 e. The van der Waals surface area contributed by atoms with E-state index in [1.54, 1.807) is 0 Å². The maximum atomic E-state index is 13.6. The molecule has 30 heavy (non-hydrogen) atoms. The second-order valence-electron chi connectivity index (χ2n) is 8.44. The Balaban J connectivity index is 1.23. The van der Waals surface area contributed by atoms with E-state index >= 15 is 0 Å². The van der Waals surface area contributed by atoms with Gasteiger partial charge in [-0.3, -0.25) is 4.79 Å². The van der Waals surface area contributed by atoms with Crippen LogP contribution in [-0.4, -0.2) is 45.3 Å². The molecule has 0 unspecified atom stereocenters. The number of carbonyl (C=O) groups excluding carboxylic acids is 1. The van der Waals surface area contributed by atoms with Gasteiger partial charge in [0.25, 0.3) is 5.91 Å². The zero-order valence-corrected chi connectivity index (χ0v) is 18.2. The Labute approximate surface area is 183 Å². The smallest absolute Gasteiger partial charge is 0.257 e. The fourth-order valence-corrected chi connectivity index (χ4v) is 5.79. The molecule has 0 saturated carbocycles. The summed E-state index contributed by atoms with van der Waals surface area (Å²) in [6.45, 7) is 1.55. The van der Waals surface area contributed by atoms with E-state index in [0.29, 0.717) is 12.8 Å². The summed E-state index contributed by atoms with van der Waals surface area (Å²) in [6, 6.07) is 16.6. The molecule has 3 aliphatic rings. The number of carbonyl (C=O) groups is 1. The fourth-order valence-electron chi connectivity index (χ4n) is 5.35. The third kappa shape index (κ3) is 2.65. The van der Waals surface area contributed by atoms with E-state index in [0.717, 1.165) is 41.7 Å². The van der Waals surface area contributed by atoms with Crippen LogP contribution in [0.2, 0.25) is 0 Å². The number of nitrogens with zero attached hydrogens (tertiary/aromatic N) is 4. The van der Waals surface area contributed by atoms with Crippen LogP contribution < -0.4 is 4.90 Å². The molecule has 5 heterocycles. The molecule has 2 aromatic heterocycles. The Morgan fingerprint density at radius 2 is 1.83 bits per heavy atom. The molecule has 6 rings (SSSR count). The molecule has 7 heteroatoms. The predicted molar refractivity (Wildman–Crippen MR) is 117 cm³/mol. The van der Waals surface area contributed by atoms with Crippen molar-refractivity contribution in [1.82, 2.24) is 14.5 Å². The molecule has 1 spiro atoms. The van der Waals surface area contributed by atoms with Crippen LogP contribution in [-0.2, 0) is 9.53 Å². The first-order valence-electron chi connectivity index (χ1n) is 10.6. The second-order valence-corrected chi connectivity index (χ2v) is 9.29. The topological polar surface area (TPSA) is 50.1 Å². The van der Waals surface area contributed by atoms with Crippen LogP contribution in [0.3, 0.4) is 0 Å². The van der Waals surface area contributed by atoms with Crippen molar-refractivity contribution in [1.29, 1.82) is 0 Å². The molecule has 0 N–H and O–H groups in total. The first-order valence-corrected chi connectivity index (χ1v) is 11.4. The summed E-state index contributed by atoms with van der Waals surface area (Å²) in [5.41, 5.74) is 1.59. The molecule has 6 nitrogen and oxygen atoms in total. The monoisotopic (exact) mass is 466 g/mol. The van der Waals surface area contributed by atoms with Crippen LogP contribution in [0.1, 0.15) is 37.3 Å². The molecular formula is C23H23BrN4O2. The molecule has 1 amide bonds. The van der Waals surface area contributed by atoms with Crippen LogP contribution >= 0.6 is 15.9 Å². The summed E-state index contributed by atoms with van der Waals surface area (Å²) in [4.78, 5) is 17.9. The lowest BCUT2D eigenvalue weighted by atomic mass is 9.89. The van der Waals surface area contributed by atoms with Gasteiger partial charge in [-0.1, -0.05) is 30.3 Å². The molecule has 3 fully saturated rings. The van der Waals surface area contributed by atoms with Crippen molar-refractivity contribution in [3.63, 3.8) is 0 Å². The lowest BCUT2D eigenvalue weighted by Gasteiger charge is -2.38. The minimum Gasteiger partial charge on any atom is -0.356 e. The highest BCUT2D eigenvalue weighted by molar-refractivity contribution is 9.10. The van der Waals surface area contributed by atoms with Gasteiger partial charge in [0, 0.05) is 30.4 Å². The van der Waals surface area contributed by atoms with E-state index in [9.17, 15) is 4.79 Å². The van der Waals surface area contributed by atoms with Crippen molar-refractivity contribution in [3.8, 4) is 0 Å². The summed E-state index contributed by atoms with van der Waals surface area (Å²) in [7, 11) is 0. The Hall–Kier alpha value is -2.38. The Kier molecular flexibility index (Phi) is 4.18. The standard InChI is InChI=1S/C23H23BrN4O2/c24-17-6-8-20(28-19(17)10-13-25-28)26-14-11-23(12-15-26)22(29)27-18(7-9-21(27)30-23)16-4-2-1-3-5-16/h1-6,8,10,13,18,21H,7,9,11-12,14-15H2/t18-,21+/m0/s1. The molecule has 0 aliphatic carbocycles. The highest BCUT2D eigenvalue weighted by atomic mass is 79.9. The van der Waals surface area contributed by atoms with Crippen LogP contribution in [0.15, 0.2) is 59.2 Å². The van der Waals surface area contributed by atoms with Gasteiger partial charge in [-0.05, 0) is 52.5 Å². The fraction of sp³-hybridized carbons (Fsp3) is 0.391. The number of amides is 1. The van der Waals surface area contributed by atoms with Gasteiger partial charge in [0.05, 0.1) is 17.8 Å². The normalized spacial score (nSPS) is 25.4. The van der Waals surface area contributed by atoms with E-state index < -0.39 is 5.60 Å². The predicted octanol–water partition coefficient (Wildman–Crippen LogP) is 4.16. The van der Waals surface area contributed by atoms with Crippen molar-refractivity contribution in [2.24, 2.45) is 0 Å². The molecular weight excluding hydrogens is 444 g/mol. The molecule has 3 aromatic rings. The lowest BCUT2D eigenvalue weighted by molar-refractivity contribution is -0.140. The van der Waals surface area contributed by atoms with Gasteiger partial charge in [-0.15, -0.1) is 0 Å². The van der Waals surface area contributed by atoms with Gasteiger partial charge in [0.2, 0.25) is 0 Å².